The molecule has 31 heavy (non-hydrogen) atoms. The van der Waals surface area contributed by atoms with Crippen LogP contribution in [0.25, 0.3) is 17.1 Å². The summed E-state index contributed by atoms with van der Waals surface area (Å²) in [6, 6.07) is 13.0. The maximum atomic E-state index is 14.7. The van der Waals surface area contributed by atoms with Crippen molar-refractivity contribution in [2.45, 2.75) is 43.8 Å². The van der Waals surface area contributed by atoms with Crippen LogP contribution < -0.4 is 0 Å². The summed E-state index contributed by atoms with van der Waals surface area (Å²) in [7, 11) is 0. The van der Waals surface area contributed by atoms with E-state index < -0.39 is 11.6 Å². The molecule has 1 amide bonds. The molecule has 1 atom stereocenters. The fourth-order valence-corrected chi connectivity index (χ4v) is 4.81. The van der Waals surface area contributed by atoms with Crippen LogP contribution >= 0.6 is 11.8 Å². The number of amides is 1. The maximum absolute atomic E-state index is 14.7. The van der Waals surface area contributed by atoms with Gasteiger partial charge in [-0.15, -0.1) is 10.2 Å². The fraction of sp³-hybridized carbons (Fsp3) is 0.348. The monoisotopic (exact) mass is 442 g/mol. The SMILES string of the molecule is CCC1CCCCN1C(=O)CSc1nnc(-c2ccccc2)n1-c1ccc(F)cc1F. The van der Waals surface area contributed by atoms with Gasteiger partial charge in [0.15, 0.2) is 11.0 Å². The largest absolute Gasteiger partial charge is 0.339 e. The summed E-state index contributed by atoms with van der Waals surface area (Å²) in [5.74, 6) is -0.702. The Kier molecular flexibility index (Phi) is 6.65. The van der Waals surface area contributed by atoms with Crippen LogP contribution in [0.5, 0.6) is 0 Å². The average Bonchev–Trinajstić information content (AvgIpc) is 3.21. The normalized spacial score (nSPS) is 16.5. The van der Waals surface area contributed by atoms with Gasteiger partial charge in [-0.2, -0.15) is 0 Å². The van der Waals surface area contributed by atoms with Crippen molar-refractivity contribution in [2.24, 2.45) is 0 Å². The van der Waals surface area contributed by atoms with Crippen molar-refractivity contribution in [3.05, 3.63) is 60.2 Å². The Hall–Kier alpha value is -2.74. The number of piperidine rings is 1. The molecule has 1 aliphatic heterocycles. The lowest BCUT2D eigenvalue weighted by Crippen LogP contribution is -2.44. The van der Waals surface area contributed by atoms with Gasteiger partial charge in [0.25, 0.3) is 0 Å². The molecule has 0 saturated carbocycles. The van der Waals surface area contributed by atoms with Gasteiger partial charge in [0, 0.05) is 24.2 Å². The molecule has 1 unspecified atom stereocenters. The second kappa shape index (κ2) is 9.60. The second-order valence-corrected chi connectivity index (χ2v) is 8.48. The third-order valence-corrected chi connectivity index (χ3v) is 6.47. The van der Waals surface area contributed by atoms with E-state index in [-0.39, 0.29) is 23.4 Å². The summed E-state index contributed by atoms with van der Waals surface area (Å²) in [4.78, 5) is 14.9. The van der Waals surface area contributed by atoms with E-state index in [1.54, 1.807) is 4.57 Å². The molecule has 3 aromatic rings. The first-order valence-electron chi connectivity index (χ1n) is 10.5. The zero-order valence-corrected chi connectivity index (χ0v) is 18.1. The first kappa shape index (κ1) is 21.5. The number of halogens is 2. The van der Waals surface area contributed by atoms with E-state index in [1.165, 1.54) is 23.9 Å². The Balaban J connectivity index is 1.65. The lowest BCUT2D eigenvalue weighted by molar-refractivity contribution is -0.132. The van der Waals surface area contributed by atoms with Gasteiger partial charge in [-0.05, 0) is 37.8 Å². The molecule has 0 radical (unpaired) electrons. The maximum Gasteiger partial charge on any atom is 0.233 e. The van der Waals surface area contributed by atoms with E-state index in [0.29, 0.717) is 11.0 Å². The van der Waals surface area contributed by atoms with Crippen molar-refractivity contribution in [1.29, 1.82) is 0 Å². The van der Waals surface area contributed by atoms with E-state index in [4.69, 9.17) is 0 Å². The van der Waals surface area contributed by atoms with Crippen molar-refractivity contribution in [1.82, 2.24) is 19.7 Å². The van der Waals surface area contributed by atoms with Crippen molar-refractivity contribution >= 4 is 17.7 Å². The molecule has 2 aromatic carbocycles. The van der Waals surface area contributed by atoms with E-state index >= 15 is 0 Å². The third-order valence-electron chi connectivity index (χ3n) is 5.56. The lowest BCUT2D eigenvalue weighted by atomic mass is 10.0. The predicted molar refractivity (Wildman–Crippen MR) is 117 cm³/mol. The Bertz CT molecular complexity index is 1060. The highest BCUT2D eigenvalue weighted by molar-refractivity contribution is 7.99. The molecule has 1 aromatic heterocycles. The molecule has 0 N–H and O–H groups in total. The Morgan fingerprint density at radius 2 is 1.94 bits per heavy atom. The van der Waals surface area contributed by atoms with Crippen molar-refractivity contribution < 1.29 is 13.6 Å². The van der Waals surface area contributed by atoms with Crippen LogP contribution in [0.3, 0.4) is 0 Å². The topological polar surface area (TPSA) is 51.0 Å². The Morgan fingerprint density at radius 3 is 2.68 bits per heavy atom. The quantitative estimate of drug-likeness (QED) is 0.499. The fourth-order valence-electron chi connectivity index (χ4n) is 3.98. The van der Waals surface area contributed by atoms with Gasteiger partial charge in [-0.25, -0.2) is 8.78 Å². The van der Waals surface area contributed by atoms with Crippen LogP contribution in [0, 0.1) is 11.6 Å². The highest BCUT2D eigenvalue weighted by Gasteiger charge is 2.26. The van der Waals surface area contributed by atoms with E-state index in [2.05, 4.69) is 17.1 Å². The van der Waals surface area contributed by atoms with Gasteiger partial charge in [-0.3, -0.25) is 9.36 Å². The van der Waals surface area contributed by atoms with E-state index in [9.17, 15) is 13.6 Å². The molecule has 162 valence electrons. The number of rotatable bonds is 6. The van der Waals surface area contributed by atoms with Crippen LogP contribution in [0.2, 0.25) is 0 Å². The number of thioether (sulfide) groups is 1. The molecular weight excluding hydrogens is 418 g/mol. The molecule has 5 nitrogen and oxygen atoms in total. The minimum atomic E-state index is -0.716. The van der Waals surface area contributed by atoms with Crippen LogP contribution in [0.1, 0.15) is 32.6 Å². The zero-order chi connectivity index (χ0) is 21.8. The Labute approximate surface area is 184 Å². The van der Waals surface area contributed by atoms with Gasteiger partial charge in [0.05, 0.1) is 11.4 Å². The number of nitrogens with zero attached hydrogens (tertiary/aromatic N) is 4. The summed E-state index contributed by atoms with van der Waals surface area (Å²) in [5.41, 5.74) is 0.892. The average molecular weight is 443 g/mol. The predicted octanol–water partition coefficient (Wildman–Crippen LogP) is 5.10. The van der Waals surface area contributed by atoms with Crippen LogP contribution in [0.15, 0.2) is 53.7 Å². The molecule has 4 rings (SSSR count). The molecule has 2 heterocycles. The number of hydrogen-bond acceptors (Lipinski definition) is 4. The smallest absolute Gasteiger partial charge is 0.233 e. The molecule has 1 fully saturated rings. The molecule has 0 spiro atoms. The van der Waals surface area contributed by atoms with Gasteiger partial charge >= 0.3 is 0 Å². The Morgan fingerprint density at radius 1 is 1.13 bits per heavy atom. The van der Waals surface area contributed by atoms with Crippen LogP contribution in [-0.2, 0) is 4.79 Å². The summed E-state index contributed by atoms with van der Waals surface area (Å²) < 4.78 is 29.7. The number of likely N-dealkylation sites (tertiary alicyclic amines) is 1. The number of carbonyl (C=O) groups excluding carboxylic acids is 1. The molecule has 8 heteroatoms. The lowest BCUT2D eigenvalue weighted by Gasteiger charge is -2.35. The summed E-state index contributed by atoms with van der Waals surface area (Å²) >= 11 is 1.22. The van der Waals surface area contributed by atoms with E-state index in [0.717, 1.165) is 43.9 Å². The molecule has 1 aliphatic rings. The molecule has 0 aliphatic carbocycles. The third kappa shape index (κ3) is 4.63. The summed E-state index contributed by atoms with van der Waals surface area (Å²) in [6.07, 6.45) is 4.13. The minimum Gasteiger partial charge on any atom is -0.339 e. The number of aromatic nitrogens is 3. The molecule has 0 bridgehead atoms. The first-order chi connectivity index (χ1) is 15.1. The first-order valence-corrected chi connectivity index (χ1v) is 11.5. The number of carbonyl (C=O) groups is 1. The van der Waals surface area contributed by atoms with Gasteiger partial charge in [0.1, 0.15) is 11.6 Å². The standard InChI is InChI=1S/C23H24F2N4OS/c1-2-18-10-6-7-13-28(18)21(30)15-31-23-27-26-22(16-8-4-3-5-9-16)29(23)20-12-11-17(24)14-19(20)25/h3-5,8-9,11-12,14,18H,2,6-7,10,13,15H2,1H3. The van der Waals surface area contributed by atoms with Gasteiger partial charge < -0.3 is 4.90 Å². The minimum absolute atomic E-state index is 0.0481. The summed E-state index contributed by atoms with van der Waals surface area (Å²) in [5, 5.41) is 8.88. The molecule has 1 saturated heterocycles. The van der Waals surface area contributed by atoms with Crippen molar-refractivity contribution in [3.63, 3.8) is 0 Å². The molecular formula is C23H24F2N4OS. The van der Waals surface area contributed by atoms with Gasteiger partial charge in [-0.1, -0.05) is 49.0 Å². The zero-order valence-electron chi connectivity index (χ0n) is 17.3. The van der Waals surface area contributed by atoms with Crippen molar-refractivity contribution in [3.8, 4) is 17.1 Å². The number of benzene rings is 2. The van der Waals surface area contributed by atoms with Crippen LogP contribution in [-0.4, -0.2) is 43.9 Å². The van der Waals surface area contributed by atoms with Crippen LogP contribution in [0.4, 0.5) is 8.78 Å². The van der Waals surface area contributed by atoms with Gasteiger partial charge in [0.2, 0.25) is 5.91 Å². The van der Waals surface area contributed by atoms with Crippen molar-refractivity contribution in [2.75, 3.05) is 12.3 Å². The summed E-state index contributed by atoms with van der Waals surface area (Å²) in [6.45, 7) is 2.87. The second-order valence-electron chi connectivity index (χ2n) is 7.54. The number of hydrogen-bond donors (Lipinski definition) is 0. The highest BCUT2D eigenvalue weighted by atomic mass is 32.2. The van der Waals surface area contributed by atoms with E-state index in [1.807, 2.05) is 35.2 Å². The highest BCUT2D eigenvalue weighted by Crippen LogP contribution is 2.30.